The van der Waals surface area contributed by atoms with Gasteiger partial charge in [-0.3, -0.25) is 10.9 Å². The summed E-state index contributed by atoms with van der Waals surface area (Å²) >= 11 is 0. The van der Waals surface area contributed by atoms with E-state index in [1.807, 2.05) is 13.8 Å². The molecule has 30 heavy (non-hydrogen) atoms. The zero-order chi connectivity index (χ0) is 21.6. The first-order chi connectivity index (χ1) is 14.2. The van der Waals surface area contributed by atoms with Crippen LogP contribution in [0, 0.1) is 11.8 Å². The minimum atomic E-state index is -4.45. The smallest absolute Gasteiger partial charge is 0.416 e. The first kappa shape index (κ1) is 21.3. The Kier molecular flexibility index (Phi) is 5.64. The number of alkyl halides is 3. The molecule has 0 bridgehead atoms. The summed E-state index contributed by atoms with van der Waals surface area (Å²) in [5, 5.41) is 21.0. The van der Waals surface area contributed by atoms with Gasteiger partial charge in [0.05, 0.1) is 5.56 Å². The number of hydrogen-bond acceptors (Lipinski definition) is 7. The van der Waals surface area contributed by atoms with Crippen molar-refractivity contribution in [3.8, 4) is 11.3 Å². The number of furan rings is 1. The Bertz CT molecular complexity index is 846. The van der Waals surface area contributed by atoms with Crippen molar-refractivity contribution in [3.63, 3.8) is 0 Å². The summed E-state index contributed by atoms with van der Waals surface area (Å²) in [5.41, 5.74) is 11.1. The minimum Gasteiger partial charge on any atom is -0.461 e. The summed E-state index contributed by atoms with van der Waals surface area (Å²) in [4.78, 5) is 0. The molecule has 2 aliphatic heterocycles. The Morgan fingerprint density at radius 2 is 1.50 bits per heavy atom. The van der Waals surface area contributed by atoms with Crippen LogP contribution in [0.15, 0.2) is 40.8 Å². The van der Waals surface area contributed by atoms with E-state index in [-0.39, 0.29) is 23.9 Å². The Hall–Kier alpha value is -1.95. The fourth-order valence-electron chi connectivity index (χ4n) is 4.55. The van der Waals surface area contributed by atoms with Crippen LogP contribution < -0.4 is 21.7 Å². The van der Waals surface area contributed by atoms with Crippen molar-refractivity contribution in [2.75, 3.05) is 0 Å². The van der Waals surface area contributed by atoms with E-state index in [0.717, 1.165) is 12.1 Å². The maximum Gasteiger partial charge on any atom is 0.416 e. The third-order valence-corrected chi connectivity index (χ3v) is 6.06. The second-order valence-corrected chi connectivity index (χ2v) is 8.01. The number of nitrogens with one attached hydrogen (secondary N) is 4. The van der Waals surface area contributed by atoms with Crippen LogP contribution in [0.2, 0.25) is 0 Å². The number of halogens is 3. The van der Waals surface area contributed by atoms with Gasteiger partial charge in [0.25, 0.3) is 0 Å². The van der Waals surface area contributed by atoms with Gasteiger partial charge in [-0.15, -0.1) is 0 Å². The van der Waals surface area contributed by atoms with Crippen LogP contribution in [0.1, 0.15) is 31.1 Å². The van der Waals surface area contributed by atoms with Crippen molar-refractivity contribution in [2.45, 2.75) is 50.5 Å². The normalized spacial score (nSPS) is 33.2. The van der Waals surface area contributed by atoms with Crippen molar-refractivity contribution in [3.05, 3.63) is 47.7 Å². The van der Waals surface area contributed by atoms with Crippen LogP contribution in [0.4, 0.5) is 13.2 Å². The average Bonchev–Trinajstić information content (AvgIpc) is 3.39. The molecule has 4 rings (SSSR count). The van der Waals surface area contributed by atoms with Gasteiger partial charge in [-0.1, -0.05) is 12.1 Å². The van der Waals surface area contributed by atoms with Crippen molar-refractivity contribution in [2.24, 2.45) is 11.8 Å². The molecule has 6 N–H and O–H groups in total. The van der Waals surface area contributed by atoms with Gasteiger partial charge in [0, 0.05) is 35.4 Å². The molecule has 2 fully saturated rings. The molecule has 6 unspecified atom stereocenters. The van der Waals surface area contributed by atoms with Gasteiger partial charge < -0.3 is 14.6 Å². The summed E-state index contributed by atoms with van der Waals surface area (Å²) in [7, 11) is 0. The highest BCUT2D eigenvalue weighted by Gasteiger charge is 2.49. The summed E-state index contributed by atoms with van der Waals surface area (Å²) in [6.07, 6.45) is -6.21. The van der Waals surface area contributed by atoms with Crippen LogP contribution in [-0.2, 0) is 6.18 Å². The Balaban J connectivity index is 1.72. The molecule has 2 saturated heterocycles. The fraction of sp³-hybridized carbons (Fsp3) is 0.500. The summed E-state index contributed by atoms with van der Waals surface area (Å²) in [6.45, 7) is 3.81. The Morgan fingerprint density at radius 1 is 0.900 bits per heavy atom. The zero-order valence-electron chi connectivity index (χ0n) is 16.4. The van der Waals surface area contributed by atoms with Crippen LogP contribution in [0.3, 0.4) is 0 Å². The molecule has 0 spiro atoms. The van der Waals surface area contributed by atoms with Gasteiger partial charge in [-0.2, -0.15) is 13.2 Å². The summed E-state index contributed by atoms with van der Waals surface area (Å²) in [6, 6.07) is 8.01. The molecule has 0 saturated carbocycles. The van der Waals surface area contributed by atoms with Crippen molar-refractivity contribution in [1.82, 2.24) is 21.7 Å². The molecule has 164 valence electrons. The molecule has 0 amide bonds. The number of aliphatic hydroxyl groups excluding tert-OH is 2. The third-order valence-electron chi connectivity index (χ3n) is 6.06. The van der Waals surface area contributed by atoms with Crippen LogP contribution in [-0.4, -0.2) is 34.8 Å². The van der Waals surface area contributed by atoms with E-state index in [4.69, 9.17) is 4.42 Å². The van der Waals surface area contributed by atoms with Gasteiger partial charge in [-0.25, -0.2) is 10.9 Å². The second kappa shape index (κ2) is 7.95. The summed E-state index contributed by atoms with van der Waals surface area (Å²) in [5.74, 6) is -0.304. The quantitative estimate of drug-likeness (QED) is 0.444. The molecule has 2 aromatic rings. The van der Waals surface area contributed by atoms with E-state index in [1.54, 1.807) is 18.2 Å². The lowest BCUT2D eigenvalue weighted by atomic mass is 9.73. The molecular formula is C20H25F3N4O3. The largest absolute Gasteiger partial charge is 0.461 e. The Morgan fingerprint density at radius 3 is 2.00 bits per heavy atom. The zero-order valence-corrected chi connectivity index (χ0v) is 16.4. The maximum absolute atomic E-state index is 13.1. The van der Waals surface area contributed by atoms with Gasteiger partial charge in [-0.05, 0) is 38.1 Å². The highest BCUT2D eigenvalue weighted by atomic mass is 19.4. The first-order valence-corrected chi connectivity index (χ1v) is 9.82. The molecule has 7 nitrogen and oxygen atoms in total. The lowest BCUT2D eigenvalue weighted by Gasteiger charge is -2.33. The number of hydrazine groups is 2. The fourth-order valence-corrected chi connectivity index (χ4v) is 4.55. The van der Waals surface area contributed by atoms with Crippen LogP contribution in [0.25, 0.3) is 11.3 Å². The molecular weight excluding hydrogens is 401 g/mol. The van der Waals surface area contributed by atoms with Gasteiger partial charge in [0.1, 0.15) is 24.0 Å². The predicted molar refractivity (Wildman–Crippen MR) is 102 cm³/mol. The standard InChI is InChI=1S/C20H25F3N4O3/c1-9-15(18(28)26-24-9)17(16-10(2)25-27-19(16)29)14-7-6-13(30-14)11-4-3-5-12(8-11)20(21,22)23/h3-10,15-19,24-29H,1-2H3. The predicted octanol–water partition coefficient (Wildman–Crippen LogP) is 1.91. The SMILES string of the molecule is CC1NNC(O)C1C(c1ccc(-c2cccc(C(F)(F)F)c2)o1)C1C(C)NNC1O. The highest BCUT2D eigenvalue weighted by Crippen LogP contribution is 2.43. The monoisotopic (exact) mass is 426 g/mol. The molecule has 0 aliphatic carbocycles. The average molecular weight is 426 g/mol. The molecule has 1 aromatic carbocycles. The summed E-state index contributed by atoms with van der Waals surface area (Å²) < 4.78 is 45.3. The number of hydrogen-bond donors (Lipinski definition) is 6. The van der Waals surface area contributed by atoms with Crippen molar-refractivity contribution < 1.29 is 27.8 Å². The second-order valence-electron chi connectivity index (χ2n) is 8.01. The molecule has 6 atom stereocenters. The lowest BCUT2D eigenvalue weighted by Crippen LogP contribution is -2.41. The topological polar surface area (TPSA) is 102 Å². The molecule has 1 aromatic heterocycles. The number of aliphatic hydroxyl groups is 2. The Labute approximate surface area is 171 Å². The van der Waals surface area contributed by atoms with Gasteiger partial charge in [0.15, 0.2) is 0 Å². The van der Waals surface area contributed by atoms with E-state index in [2.05, 4.69) is 21.7 Å². The van der Waals surface area contributed by atoms with Crippen molar-refractivity contribution >= 4 is 0 Å². The minimum absolute atomic E-state index is 0.132. The molecule has 10 heteroatoms. The lowest BCUT2D eigenvalue weighted by molar-refractivity contribution is -0.137. The van der Waals surface area contributed by atoms with E-state index in [0.29, 0.717) is 17.1 Å². The van der Waals surface area contributed by atoms with Crippen LogP contribution >= 0.6 is 0 Å². The highest BCUT2D eigenvalue weighted by molar-refractivity contribution is 5.59. The number of rotatable bonds is 4. The molecule has 3 heterocycles. The maximum atomic E-state index is 13.1. The van der Waals surface area contributed by atoms with Gasteiger partial charge >= 0.3 is 6.18 Å². The van der Waals surface area contributed by atoms with Crippen molar-refractivity contribution in [1.29, 1.82) is 0 Å². The molecule has 2 aliphatic rings. The third kappa shape index (κ3) is 3.86. The van der Waals surface area contributed by atoms with E-state index in [1.165, 1.54) is 6.07 Å². The van der Waals surface area contributed by atoms with E-state index >= 15 is 0 Å². The number of benzene rings is 1. The molecule has 0 radical (unpaired) electrons. The van der Waals surface area contributed by atoms with Crippen LogP contribution in [0.5, 0.6) is 0 Å². The first-order valence-electron chi connectivity index (χ1n) is 9.82. The van der Waals surface area contributed by atoms with E-state index < -0.39 is 30.1 Å². The van der Waals surface area contributed by atoms with Gasteiger partial charge in [0.2, 0.25) is 0 Å². The van der Waals surface area contributed by atoms with E-state index in [9.17, 15) is 23.4 Å².